The molecule has 3 N–H and O–H groups in total. The Bertz CT molecular complexity index is 1620. The molecular formula is C33H36N4O7. The molecule has 2 heterocycles. The molecule has 0 spiro atoms. The Labute approximate surface area is 255 Å². The number of amides is 3. The number of carbonyl (C=O) groups is 4. The van der Waals surface area contributed by atoms with E-state index >= 15 is 0 Å². The van der Waals surface area contributed by atoms with Gasteiger partial charge < -0.3 is 35.1 Å². The van der Waals surface area contributed by atoms with E-state index in [1.807, 2.05) is 25.1 Å². The van der Waals surface area contributed by atoms with Crippen molar-refractivity contribution in [2.24, 2.45) is 5.92 Å². The van der Waals surface area contributed by atoms with Crippen LogP contribution >= 0.6 is 0 Å². The summed E-state index contributed by atoms with van der Waals surface area (Å²) in [6.45, 7) is 4.07. The maximum atomic E-state index is 14.7. The fraction of sp³-hybridized carbons (Fsp3) is 0.333. The van der Waals surface area contributed by atoms with E-state index in [2.05, 4.69) is 16.0 Å². The number of benzene rings is 3. The zero-order valence-corrected chi connectivity index (χ0v) is 25.4. The lowest BCUT2D eigenvalue weighted by Crippen LogP contribution is -2.39. The average Bonchev–Trinajstić information content (AvgIpc) is 3.63. The van der Waals surface area contributed by atoms with Gasteiger partial charge in [-0.05, 0) is 72.0 Å². The number of hydrogen-bond donors (Lipinski definition) is 3. The summed E-state index contributed by atoms with van der Waals surface area (Å²) < 4.78 is 16.1. The number of carbonyl (C=O) groups excluding carboxylic acids is 4. The summed E-state index contributed by atoms with van der Waals surface area (Å²) in [5.74, 6) is -0.783. The zero-order valence-electron chi connectivity index (χ0n) is 25.4. The molecule has 11 heteroatoms. The minimum Gasteiger partial charge on any atom is -0.493 e. The first-order valence-electron chi connectivity index (χ1n) is 14.3. The van der Waals surface area contributed by atoms with Crippen molar-refractivity contribution in [3.8, 4) is 11.5 Å². The maximum Gasteiger partial charge on any atom is 0.311 e. The zero-order chi connectivity index (χ0) is 31.5. The van der Waals surface area contributed by atoms with Crippen LogP contribution in [0, 0.1) is 12.8 Å². The SMILES string of the molecule is COC(=O)[C@H]1CCN(C(=O)[C@H](Nc2ccc3c(c2)C(=O)NC3)c2ccc(OC)c(OC)c2)[C@H]1c1cc(NC(C)=O)ccc1C. The highest BCUT2D eigenvalue weighted by molar-refractivity contribution is 5.99. The molecule has 0 aromatic heterocycles. The van der Waals surface area contributed by atoms with Crippen LogP contribution in [0.2, 0.25) is 0 Å². The minimum atomic E-state index is -0.921. The minimum absolute atomic E-state index is 0.173. The number of methoxy groups -OCH3 is 3. The van der Waals surface area contributed by atoms with E-state index in [0.29, 0.717) is 53.5 Å². The van der Waals surface area contributed by atoms with Gasteiger partial charge in [-0.3, -0.25) is 19.2 Å². The van der Waals surface area contributed by atoms with E-state index < -0.39 is 24.0 Å². The van der Waals surface area contributed by atoms with Crippen molar-refractivity contribution >= 4 is 35.1 Å². The molecule has 0 aliphatic carbocycles. The normalized spacial score (nSPS) is 17.8. The number of anilines is 2. The van der Waals surface area contributed by atoms with Crippen LogP contribution in [0.15, 0.2) is 54.6 Å². The van der Waals surface area contributed by atoms with Crippen molar-refractivity contribution < 1.29 is 33.4 Å². The van der Waals surface area contributed by atoms with Crippen molar-refractivity contribution in [1.29, 1.82) is 0 Å². The molecule has 3 atom stereocenters. The Morgan fingerprint density at radius 2 is 1.70 bits per heavy atom. The van der Waals surface area contributed by atoms with Crippen LogP contribution in [0.25, 0.3) is 0 Å². The van der Waals surface area contributed by atoms with Gasteiger partial charge in [-0.1, -0.05) is 18.2 Å². The largest absolute Gasteiger partial charge is 0.493 e. The summed E-state index contributed by atoms with van der Waals surface area (Å²) in [7, 11) is 4.39. The van der Waals surface area contributed by atoms with E-state index in [0.717, 1.165) is 16.7 Å². The van der Waals surface area contributed by atoms with Gasteiger partial charge in [0.15, 0.2) is 11.5 Å². The van der Waals surface area contributed by atoms with Gasteiger partial charge in [-0.2, -0.15) is 0 Å². The Morgan fingerprint density at radius 1 is 0.955 bits per heavy atom. The Balaban J connectivity index is 1.59. The van der Waals surface area contributed by atoms with Crippen LogP contribution in [0.4, 0.5) is 11.4 Å². The molecule has 2 aliphatic rings. The Morgan fingerprint density at radius 3 is 2.41 bits per heavy atom. The third-order valence-corrected chi connectivity index (χ3v) is 8.20. The molecule has 3 aromatic rings. The lowest BCUT2D eigenvalue weighted by atomic mass is 9.90. The predicted octanol–water partition coefficient (Wildman–Crippen LogP) is 4.13. The highest BCUT2D eigenvalue weighted by atomic mass is 16.5. The van der Waals surface area contributed by atoms with E-state index in [4.69, 9.17) is 14.2 Å². The summed E-state index contributed by atoms with van der Waals surface area (Å²) in [6.07, 6.45) is 0.393. The van der Waals surface area contributed by atoms with Crippen molar-refractivity contribution in [2.45, 2.75) is 38.9 Å². The van der Waals surface area contributed by atoms with Crippen LogP contribution in [-0.2, 0) is 25.7 Å². The van der Waals surface area contributed by atoms with Gasteiger partial charge >= 0.3 is 5.97 Å². The first kappa shape index (κ1) is 30.4. The Hall–Kier alpha value is -5.06. The van der Waals surface area contributed by atoms with Crippen molar-refractivity contribution in [2.75, 3.05) is 38.5 Å². The molecule has 0 unspecified atom stereocenters. The van der Waals surface area contributed by atoms with Crippen molar-refractivity contribution in [3.63, 3.8) is 0 Å². The van der Waals surface area contributed by atoms with Crippen LogP contribution in [-0.4, -0.2) is 56.5 Å². The predicted molar refractivity (Wildman–Crippen MR) is 164 cm³/mol. The average molecular weight is 601 g/mol. The molecule has 230 valence electrons. The second-order valence-electron chi connectivity index (χ2n) is 10.9. The molecule has 2 aliphatic heterocycles. The Kier molecular flexibility index (Phi) is 8.75. The van der Waals surface area contributed by atoms with E-state index in [1.54, 1.807) is 41.3 Å². The summed E-state index contributed by atoms with van der Waals surface area (Å²) in [4.78, 5) is 53.7. The van der Waals surface area contributed by atoms with Gasteiger partial charge in [0.2, 0.25) is 11.8 Å². The topological polar surface area (TPSA) is 135 Å². The number of ether oxygens (including phenoxy) is 3. The molecule has 44 heavy (non-hydrogen) atoms. The second kappa shape index (κ2) is 12.7. The van der Waals surface area contributed by atoms with Crippen molar-refractivity contribution in [3.05, 3.63) is 82.4 Å². The molecule has 0 saturated carbocycles. The van der Waals surface area contributed by atoms with E-state index in [9.17, 15) is 19.2 Å². The summed E-state index contributed by atoms with van der Waals surface area (Å²) >= 11 is 0. The maximum absolute atomic E-state index is 14.7. The molecule has 1 saturated heterocycles. The van der Waals surface area contributed by atoms with Crippen LogP contribution in [0.1, 0.15) is 58.0 Å². The lowest BCUT2D eigenvalue weighted by Gasteiger charge is -2.33. The number of rotatable bonds is 9. The van der Waals surface area contributed by atoms with Gasteiger partial charge in [-0.25, -0.2) is 0 Å². The van der Waals surface area contributed by atoms with Gasteiger partial charge in [0.05, 0.1) is 33.3 Å². The number of fused-ring (bicyclic) bond motifs is 1. The second-order valence-corrected chi connectivity index (χ2v) is 10.9. The molecule has 0 radical (unpaired) electrons. The van der Waals surface area contributed by atoms with Crippen molar-refractivity contribution in [1.82, 2.24) is 10.2 Å². The number of nitrogens with zero attached hydrogens (tertiary/aromatic N) is 1. The first-order chi connectivity index (χ1) is 21.1. The van der Waals surface area contributed by atoms with Gasteiger partial charge in [-0.15, -0.1) is 0 Å². The fourth-order valence-corrected chi connectivity index (χ4v) is 6.02. The molecule has 0 bridgehead atoms. The molecule has 5 rings (SSSR count). The lowest BCUT2D eigenvalue weighted by molar-refractivity contribution is -0.147. The third-order valence-electron chi connectivity index (χ3n) is 8.20. The number of hydrogen-bond acceptors (Lipinski definition) is 8. The highest BCUT2D eigenvalue weighted by Gasteiger charge is 2.45. The highest BCUT2D eigenvalue weighted by Crippen LogP contribution is 2.43. The molecule has 11 nitrogen and oxygen atoms in total. The van der Waals surface area contributed by atoms with Gasteiger partial charge in [0.25, 0.3) is 5.91 Å². The molecular weight excluding hydrogens is 564 g/mol. The fourth-order valence-electron chi connectivity index (χ4n) is 6.02. The van der Waals surface area contributed by atoms with E-state index in [1.165, 1.54) is 28.3 Å². The van der Waals surface area contributed by atoms with Crippen LogP contribution in [0.3, 0.4) is 0 Å². The number of likely N-dealkylation sites (tertiary alicyclic amines) is 1. The quantitative estimate of drug-likeness (QED) is 0.312. The first-order valence-corrected chi connectivity index (χ1v) is 14.3. The molecule has 1 fully saturated rings. The smallest absolute Gasteiger partial charge is 0.311 e. The summed E-state index contributed by atoms with van der Waals surface area (Å²) in [5, 5.41) is 8.97. The van der Waals surface area contributed by atoms with Crippen LogP contribution < -0.4 is 25.4 Å². The van der Waals surface area contributed by atoms with Gasteiger partial charge in [0.1, 0.15) is 6.04 Å². The molecule has 3 amide bonds. The number of esters is 1. The summed E-state index contributed by atoms with van der Waals surface area (Å²) in [5.41, 5.74) is 4.76. The molecule has 3 aromatic carbocycles. The summed E-state index contributed by atoms with van der Waals surface area (Å²) in [6, 6.07) is 14.5. The number of nitrogens with one attached hydrogen (secondary N) is 3. The van der Waals surface area contributed by atoms with Crippen LogP contribution in [0.5, 0.6) is 11.5 Å². The third kappa shape index (κ3) is 5.90. The van der Waals surface area contributed by atoms with E-state index in [-0.39, 0.29) is 17.7 Å². The standard InChI is InChI=1S/C33H36N4O7/c1-18-6-9-22(35-19(2)38)15-25(18)30-24(33(41)44-5)12-13-37(30)32(40)29(20-8-11-27(42-3)28(14-20)43-4)36-23-10-7-21-17-34-31(39)26(21)16-23/h6-11,14-16,24,29-30,36H,12-13,17H2,1-5H3,(H,34,39)(H,35,38)/t24-,29+,30+/m0/s1. The van der Waals surface area contributed by atoms with Gasteiger partial charge in [0, 0.05) is 37.0 Å². The monoisotopic (exact) mass is 600 g/mol. The number of aryl methyl sites for hydroxylation is 1.